The third-order valence-corrected chi connectivity index (χ3v) is 3.51. The first-order chi connectivity index (χ1) is 10.0. The number of benzene rings is 2. The Kier molecular flexibility index (Phi) is 4.66. The predicted octanol–water partition coefficient (Wildman–Crippen LogP) is 4.00. The highest BCUT2D eigenvalue weighted by Crippen LogP contribution is 2.19. The number of nitrogens with one attached hydrogen (secondary N) is 1. The lowest BCUT2D eigenvalue weighted by molar-refractivity contribution is 0.508. The van der Waals surface area contributed by atoms with Crippen LogP contribution < -0.4 is 5.32 Å². The standard InChI is InChI=1S/C17H16F2N2/c1-11-5-3-4-6-14(11)12(2)21-10-15-16(18)7-13(9-20)8-17(15)19/h3-8,12,21H,10H2,1-2H3/t12-/m0/s1. The zero-order chi connectivity index (χ0) is 15.4. The molecule has 0 saturated heterocycles. The topological polar surface area (TPSA) is 35.8 Å². The van der Waals surface area contributed by atoms with Crippen LogP contribution in [0.4, 0.5) is 8.78 Å². The number of aryl methyl sites for hydroxylation is 1. The minimum atomic E-state index is -0.698. The molecule has 2 nitrogen and oxygen atoms in total. The van der Waals surface area contributed by atoms with Crippen LogP contribution in [0.1, 0.15) is 35.2 Å². The molecule has 0 amide bonds. The van der Waals surface area contributed by atoms with E-state index >= 15 is 0 Å². The van der Waals surface area contributed by atoms with Gasteiger partial charge in [0, 0.05) is 18.2 Å². The van der Waals surface area contributed by atoms with Gasteiger partial charge in [-0.25, -0.2) is 8.78 Å². The van der Waals surface area contributed by atoms with Crippen molar-refractivity contribution >= 4 is 0 Å². The molecule has 0 heterocycles. The van der Waals surface area contributed by atoms with E-state index in [0.717, 1.165) is 23.3 Å². The molecule has 0 radical (unpaired) electrons. The maximum atomic E-state index is 13.8. The van der Waals surface area contributed by atoms with E-state index in [1.807, 2.05) is 38.1 Å². The van der Waals surface area contributed by atoms with Crippen LogP contribution in [0, 0.1) is 29.9 Å². The van der Waals surface area contributed by atoms with E-state index in [9.17, 15) is 8.78 Å². The normalized spacial score (nSPS) is 12.0. The summed E-state index contributed by atoms with van der Waals surface area (Å²) in [6.45, 7) is 4.01. The highest BCUT2D eigenvalue weighted by molar-refractivity contribution is 5.34. The van der Waals surface area contributed by atoms with Crippen molar-refractivity contribution in [2.24, 2.45) is 0 Å². The van der Waals surface area contributed by atoms with Gasteiger partial charge in [-0.05, 0) is 37.1 Å². The molecule has 0 spiro atoms. The Labute approximate surface area is 123 Å². The zero-order valence-corrected chi connectivity index (χ0v) is 12.0. The number of hydrogen-bond acceptors (Lipinski definition) is 2. The molecule has 1 atom stereocenters. The van der Waals surface area contributed by atoms with E-state index in [1.165, 1.54) is 0 Å². The maximum Gasteiger partial charge on any atom is 0.131 e. The molecule has 0 fully saturated rings. The van der Waals surface area contributed by atoms with Crippen LogP contribution in [-0.2, 0) is 6.54 Å². The Bertz CT molecular complexity index is 666. The predicted molar refractivity (Wildman–Crippen MR) is 77.5 cm³/mol. The zero-order valence-electron chi connectivity index (χ0n) is 12.0. The van der Waals surface area contributed by atoms with Gasteiger partial charge in [0.25, 0.3) is 0 Å². The Morgan fingerprint density at radius 1 is 1.19 bits per heavy atom. The summed E-state index contributed by atoms with van der Waals surface area (Å²) >= 11 is 0. The number of nitrogens with zero attached hydrogens (tertiary/aromatic N) is 1. The molecule has 0 aliphatic heterocycles. The third kappa shape index (κ3) is 3.45. The first kappa shape index (κ1) is 15.1. The van der Waals surface area contributed by atoms with Crippen molar-refractivity contribution in [3.63, 3.8) is 0 Å². The lowest BCUT2D eigenvalue weighted by atomic mass is 10.0. The van der Waals surface area contributed by atoms with Gasteiger partial charge in [0.15, 0.2) is 0 Å². The van der Waals surface area contributed by atoms with Crippen molar-refractivity contribution in [2.45, 2.75) is 26.4 Å². The molecule has 0 unspecified atom stereocenters. The van der Waals surface area contributed by atoms with E-state index in [1.54, 1.807) is 6.07 Å². The van der Waals surface area contributed by atoms with Gasteiger partial charge in [-0.3, -0.25) is 0 Å². The van der Waals surface area contributed by atoms with Gasteiger partial charge in [-0.1, -0.05) is 24.3 Å². The van der Waals surface area contributed by atoms with Crippen molar-refractivity contribution in [1.82, 2.24) is 5.32 Å². The molecule has 2 aromatic carbocycles. The molecule has 21 heavy (non-hydrogen) atoms. The van der Waals surface area contributed by atoms with Crippen LogP contribution >= 0.6 is 0 Å². The van der Waals surface area contributed by atoms with Gasteiger partial charge in [0.1, 0.15) is 11.6 Å². The third-order valence-electron chi connectivity index (χ3n) is 3.51. The highest BCUT2D eigenvalue weighted by Gasteiger charge is 2.13. The number of hydrogen-bond donors (Lipinski definition) is 1. The molecular weight excluding hydrogens is 270 g/mol. The fourth-order valence-corrected chi connectivity index (χ4v) is 2.27. The fourth-order valence-electron chi connectivity index (χ4n) is 2.27. The van der Waals surface area contributed by atoms with Crippen LogP contribution in [0.25, 0.3) is 0 Å². The van der Waals surface area contributed by atoms with Crippen LogP contribution in [0.15, 0.2) is 36.4 Å². The number of halogens is 2. The summed E-state index contributed by atoms with van der Waals surface area (Å²) in [6.07, 6.45) is 0. The maximum absolute atomic E-state index is 13.8. The molecule has 1 N–H and O–H groups in total. The Hall–Kier alpha value is -2.25. The largest absolute Gasteiger partial charge is 0.306 e. The van der Waals surface area contributed by atoms with Crippen LogP contribution in [-0.4, -0.2) is 0 Å². The monoisotopic (exact) mass is 286 g/mol. The summed E-state index contributed by atoms with van der Waals surface area (Å²) < 4.78 is 27.6. The van der Waals surface area contributed by atoms with Crippen LogP contribution in [0.2, 0.25) is 0 Å². The molecule has 0 bridgehead atoms. The van der Waals surface area contributed by atoms with Crippen molar-refractivity contribution < 1.29 is 8.78 Å². The fraction of sp³-hybridized carbons (Fsp3) is 0.235. The minimum absolute atomic E-state index is 0.0132. The van der Waals surface area contributed by atoms with E-state index in [2.05, 4.69) is 5.32 Å². The number of rotatable bonds is 4. The highest BCUT2D eigenvalue weighted by atomic mass is 19.1. The van der Waals surface area contributed by atoms with Gasteiger partial charge in [0.2, 0.25) is 0 Å². The summed E-state index contributed by atoms with van der Waals surface area (Å²) in [5, 5.41) is 11.8. The summed E-state index contributed by atoms with van der Waals surface area (Å²) in [4.78, 5) is 0. The summed E-state index contributed by atoms with van der Waals surface area (Å²) in [5.74, 6) is -1.40. The molecule has 0 aromatic heterocycles. The van der Waals surface area contributed by atoms with Gasteiger partial charge < -0.3 is 5.32 Å². The van der Waals surface area contributed by atoms with E-state index in [-0.39, 0.29) is 23.7 Å². The second kappa shape index (κ2) is 6.47. The van der Waals surface area contributed by atoms with Crippen LogP contribution in [0.3, 0.4) is 0 Å². The molecule has 2 rings (SSSR count). The van der Waals surface area contributed by atoms with Crippen molar-refractivity contribution in [1.29, 1.82) is 5.26 Å². The van der Waals surface area contributed by atoms with Crippen molar-refractivity contribution in [2.75, 3.05) is 0 Å². The molecule has 0 aliphatic rings. The molecule has 108 valence electrons. The van der Waals surface area contributed by atoms with Crippen LogP contribution in [0.5, 0.6) is 0 Å². The Morgan fingerprint density at radius 3 is 2.38 bits per heavy atom. The molecular formula is C17H16F2N2. The molecule has 0 saturated carbocycles. The molecule has 2 aromatic rings. The molecule has 0 aliphatic carbocycles. The van der Waals surface area contributed by atoms with Crippen molar-refractivity contribution in [3.05, 3.63) is 70.3 Å². The average molecular weight is 286 g/mol. The van der Waals surface area contributed by atoms with Gasteiger partial charge in [0.05, 0.1) is 11.6 Å². The van der Waals surface area contributed by atoms with E-state index in [4.69, 9.17) is 5.26 Å². The lowest BCUT2D eigenvalue weighted by Gasteiger charge is -2.17. The van der Waals surface area contributed by atoms with E-state index < -0.39 is 11.6 Å². The average Bonchev–Trinajstić information content (AvgIpc) is 2.46. The molecule has 4 heteroatoms. The van der Waals surface area contributed by atoms with Gasteiger partial charge >= 0.3 is 0 Å². The first-order valence-corrected chi connectivity index (χ1v) is 6.70. The first-order valence-electron chi connectivity index (χ1n) is 6.70. The summed E-state index contributed by atoms with van der Waals surface area (Å²) in [6, 6.07) is 11.7. The SMILES string of the molecule is Cc1ccccc1[C@H](C)NCc1c(F)cc(C#N)cc1F. The number of nitriles is 1. The van der Waals surface area contributed by atoms with Gasteiger partial charge in [-0.2, -0.15) is 5.26 Å². The Morgan fingerprint density at radius 2 is 1.81 bits per heavy atom. The lowest BCUT2D eigenvalue weighted by Crippen LogP contribution is -2.20. The quantitative estimate of drug-likeness (QED) is 0.922. The smallest absolute Gasteiger partial charge is 0.131 e. The summed E-state index contributed by atoms with van der Waals surface area (Å²) in [5.41, 5.74) is 2.15. The van der Waals surface area contributed by atoms with Crippen molar-refractivity contribution in [3.8, 4) is 6.07 Å². The minimum Gasteiger partial charge on any atom is -0.306 e. The van der Waals surface area contributed by atoms with E-state index in [0.29, 0.717) is 0 Å². The van der Waals surface area contributed by atoms with Gasteiger partial charge in [-0.15, -0.1) is 0 Å². The Balaban J connectivity index is 2.14. The second-order valence-corrected chi connectivity index (χ2v) is 4.99. The second-order valence-electron chi connectivity index (χ2n) is 4.99. The summed E-state index contributed by atoms with van der Waals surface area (Å²) in [7, 11) is 0.